The van der Waals surface area contributed by atoms with Gasteiger partial charge in [0.25, 0.3) is 5.91 Å². The van der Waals surface area contributed by atoms with Crippen molar-refractivity contribution in [3.05, 3.63) is 59.9 Å². The van der Waals surface area contributed by atoms with Gasteiger partial charge in [-0.3, -0.25) is 14.4 Å². The monoisotopic (exact) mass is 392 g/mol. The predicted octanol–water partition coefficient (Wildman–Crippen LogP) is 1.71. The molecule has 0 unspecified atom stereocenters. The van der Waals surface area contributed by atoms with Crippen molar-refractivity contribution in [1.82, 2.24) is 20.1 Å². The summed E-state index contributed by atoms with van der Waals surface area (Å²) in [4.78, 5) is 45.3. The molecule has 150 valence electrons. The smallest absolute Gasteiger partial charge is 0.270 e. The van der Waals surface area contributed by atoms with Gasteiger partial charge in [0.15, 0.2) is 0 Å². The van der Waals surface area contributed by atoms with Crippen LogP contribution in [0.2, 0.25) is 0 Å². The molecule has 1 saturated carbocycles. The lowest BCUT2D eigenvalue weighted by atomic mass is 9.92. The Morgan fingerprint density at radius 1 is 1.07 bits per heavy atom. The molecule has 3 atom stereocenters. The minimum atomic E-state index is -0.299. The van der Waals surface area contributed by atoms with Crippen LogP contribution in [0.3, 0.4) is 0 Å². The molecule has 1 aromatic heterocycles. The van der Waals surface area contributed by atoms with E-state index in [0.717, 1.165) is 18.4 Å². The second-order valence-corrected chi connectivity index (χ2v) is 8.20. The summed E-state index contributed by atoms with van der Waals surface area (Å²) in [5.41, 5.74) is 1.45. The second kappa shape index (κ2) is 7.06. The highest BCUT2D eigenvalue weighted by Crippen LogP contribution is 2.43. The Bertz CT molecular complexity index is 923. The zero-order valence-corrected chi connectivity index (χ0v) is 16.1. The van der Waals surface area contributed by atoms with Crippen LogP contribution >= 0.6 is 0 Å². The average molecular weight is 392 g/mol. The number of benzene rings is 1. The normalized spacial score (nSPS) is 26.3. The maximum atomic E-state index is 13.1. The van der Waals surface area contributed by atoms with Crippen molar-refractivity contribution < 1.29 is 14.4 Å². The molecule has 2 saturated heterocycles. The SMILES string of the molecule is O=C(NC1CC1)[C@@H]1C[C@@H]2CN(C(=O)c3ccc[nH]3)CC(=O)N2[C@@H]1c1ccccc1. The number of rotatable bonds is 4. The molecule has 29 heavy (non-hydrogen) atoms. The second-order valence-electron chi connectivity index (χ2n) is 8.20. The molecule has 3 heterocycles. The highest BCUT2D eigenvalue weighted by atomic mass is 16.2. The molecule has 3 amide bonds. The number of nitrogens with zero attached hydrogens (tertiary/aromatic N) is 2. The van der Waals surface area contributed by atoms with Crippen molar-refractivity contribution in [1.29, 1.82) is 0 Å². The average Bonchev–Trinajstić information content (AvgIpc) is 3.22. The molecule has 0 spiro atoms. The molecular formula is C22H24N4O3. The number of carbonyl (C=O) groups excluding carboxylic acids is 3. The molecule has 0 radical (unpaired) electrons. The largest absolute Gasteiger partial charge is 0.357 e. The van der Waals surface area contributed by atoms with Gasteiger partial charge in [-0.25, -0.2) is 0 Å². The topological polar surface area (TPSA) is 85.5 Å². The van der Waals surface area contributed by atoms with E-state index in [4.69, 9.17) is 0 Å². The number of aromatic amines is 1. The first-order chi connectivity index (χ1) is 14.1. The lowest BCUT2D eigenvalue weighted by Crippen LogP contribution is -2.56. The van der Waals surface area contributed by atoms with E-state index in [1.807, 2.05) is 35.2 Å². The third-order valence-corrected chi connectivity index (χ3v) is 6.16. The zero-order chi connectivity index (χ0) is 20.0. The van der Waals surface area contributed by atoms with E-state index in [2.05, 4.69) is 10.3 Å². The molecule has 1 aromatic carbocycles. The fourth-order valence-electron chi connectivity index (χ4n) is 4.66. The summed E-state index contributed by atoms with van der Waals surface area (Å²) >= 11 is 0. The Hall–Kier alpha value is -3.09. The van der Waals surface area contributed by atoms with Gasteiger partial charge in [0.05, 0.1) is 18.0 Å². The first-order valence-electron chi connectivity index (χ1n) is 10.2. The quantitative estimate of drug-likeness (QED) is 0.831. The third-order valence-electron chi connectivity index (χ3n) is 6.16. The van der Waals surface area contributed by atoms with Crippen LogP contribution in [-0.4, -0.2) is 57.7 Å². The van der Waals surface area contributed by atoms with E-state index in [9.17, 15) is 14.4 Å². The van der Waals surface area contributed by atoms with Crippen LogP contribution < -0.4 is 5.32 Å². The maximum Gasteiger partial charge on any atom is 0.270 e. The van der Waals surface area contributed by atoms with Gasteiger partial charge < -0.3 is 20.1 Å². The summed E-state index contributed by atoms with van der Waals surface area (Å²) in [6, 6.07) is 13.1. The number of nitrogens with one attached hydrogen (secondary N) is 2. The zero-order valence-electron chi connectivity index (χ0n) is 16.1. The van der Waals surface area contributed by atoms with Gasteiger partial charge in [-0.2, -0.15) is 0 Å². The minimum absolute atomic E-state index is 0.0193. The Morgan fingerprint density at radius 2 is 1.86 bits per heavy atom. The van der Waals surface area contributed by atoms with Crippen LogP contribution in [-0.2, 0) is 9.59 Å². The molecule has 3 fully saturated rings. The van der Waals surface area contributed by atoms with Gasteiger partial charge in [-0.05, 0) is 37.0 Å². The van der Waals surface area contributed by atoms with Crippen molar-refractivity contribution in [3.8, 4) is 0 Å². The molecule has 5 rings (SSSR count). The summed E-state index contributed by atoms with van der Waals surface area (Å²) in [6.45, 7) is 0.481. The molecule has 2 aromatic rings. The number of piperazine rings is 1. The van der Waals surface area contributed by atoms with Crippen molar-refractivity contribution in [2.24, 2.45) is 5.92 Å². The first-order valence-corrected chi connectivity index (χ1v) is 10.2. The number of hydrogen-bond donors (Lipinski definition) is 2. The molecule has 2 aliphatic heterocycles. The van der Waals surface area contributed by atoms with Crippen LogP contribution in [0.5, 0.6) is 0 Å². The van der Waals surface area contributed by atoms with Crippen LogP contribution in [0.15, 0.2) is 48.7 Å². The lowest BCUT2D eigenvalue weighted by Gasteiger charge is -2.40. The number of hydrogen-bond acceptors (Lipinski definition) is 3. The number of amides is 3. The summed E-state index contributed by atoms with van der Waals surface area (Å²) in [7, 11) is 0. The van der Waals surface area contributed by atoms with E-state index < -0.39 is 0 Å². The molecular weight excluding hydrogens is 368 g/mol. The van der Waals surface area contributed by atoms with E-state index >= 15 is 0 Å². The highest BCUT2D eigenvalue weighted by Gasteiger charge is 2.51. The van der Waals surface area contributed by atoms with Crippen LogP contribution in [0, 0.1) is 5.92 Å². The van der Waals surface area contributed by atoms with Gasteiger partial charge >= 0.3 is 0 Å². The molecule has 7 nitrogen and oxygen atoms in total. The van der Waals surface area contributed by atoms with E-state index in [0.29, 0.717) is 18.7 Å². The standard InChI is InChI=1S/C22H24N4O3/c27-19-13-25(22(29)18-7-4-10-23-18)12-16-11-17(21(28)24-15-8-9-15)20(26(16)19)14-5-2-1-3-6-14/h1-7,10,15-17,20,23H,8-9,11-13H2,(H,24,28)/t16-,17-,20-/m1/s1. The van der Waals surface area contributed by atoms with Gasteiger partial charge in [-0.1, -0.05) is 30.3 Å². The predicted molar refractivity (Wildman–Crippen MR) is 106 cm³/mol. The van der Waals surface area contributed by atoms with Crippen molar-refractivity contribution in [2.45, 2.75) is 37.4 Å². The Kier molecular flexibility index (Phi) is 4.38. The lowest BCUT2D eigenvalue weighted by molar-refractivity contribution is -0.139. The van der Waals surface area contributed by atoms with Crippen molar-refractivity contribution >= 4 is 17.7 Å². The number of aromatic nitrogens is 1. The van der Waals surface area contributed by atoms with Crippen LogP contribution in [0.25, 0.3) is 0 Å². The minimum Gasteiger partial charge on any atom is -0.357 e. The number of fused-ring (bicyclic) bond motifs is 1. The Balaban J connectivity index is 1.43. The third kappa shape index (κ3) is 3.30. The van der Waals surface area contributed by atoms with Gasteiger partial charge in [0.1, 0.15) is 12.2 Å². The molecule has 3 aliphatic rings. The molecule has 1 aliphatic carbocycles. The van der Waals surface area contributed by atoms with E-state index in [-0.39, 0.29) is 48.3 Å². The Labute approximate surface area is 169 Å². The van der Waals surface area contributed by atoms with E-state index in [1.165, 1.54) is 0 Å². The summed E-state index contributed by atoms with van der Waals surface area (Å²) in [6.07, 6.45) is 4.32. The Morgan fingerprint density at radius 3 is 2.55 bits per heavy atom. The van der Waals surface area contributed by atoms with Crippen LogP contribution in [0.1, 0.15) is 41.4 Å². The van der Waals surface area contributed by atoms with Crippen molar-refractivity contribution in [2.75, 3.05) is 13.1 Å². The molecule has 2 N–H and O–H groups in total. The van der Waals surface area contributed by atoms with Gasteiger partial charge in [-0.15, -0.1) is 0 Å². The van der Waals surface area contributed by atoms with Crippen molar-refractivity contribution in [3.63, 3.8) is 0 Å². The number of H-pyrrole nitrogens is 1. The van der Waals surface area contributed by atoms with Gasteiger partial charge in [0.2, 0.25) is 11.8 Å². The summed E-state index contributed by atoms with van der Waals surface area (Å²) < 4.78 is 0. The summed E-state index contributed by atoms with van der Waals surface area (Å²) in [5, 5.41) is 3.11. The molecule has 7 heteroatoms. The fraction of sp³-hybridized carbons (Fsp3) is 0.409. The fourth-order valence-corrected chi connectivity index (χ4v) is 4.66. The highest BCUT2D eigenvalue weighted by molar-refractivity contribution is 5.96. The maximum absolute atomic E-state index is 13.1. The molecule has 0 bridgehead atoms. The first kappa shape index (κ1) is 18.0. The summed E-state index contributed by atoms with van der Waals surface area (Å²) in [5.74, 6) is -0.555. The van der Waals surface area contributed by atoms with Crippen LogP contribution in [0.4, 0.5) is 0 Å². The number of carbonyl (C=O) groups is 3. The van der Waals surface area contributed by atoms with Gasteiger partial charge in [0, 0.05) is 18.8 Å². The van der Waals surface area contributed by atoms with E-state index in [1.54, 1.807) is 23.2 Å².